The number of aromatic nitrogens is 4. The largest absolute Gasteiger partial charge is 0.361 e. The molecule has 0 unspecified atom stereocenters. The maximum Gasteiger partial charge on any atom is 0.316 e. The van der Waals surface area contributed by atoms with Crippen LogP contribution in [0.15, 0.2) is 59.5 Å². The Morgan fingerprint density at radius 2 is 2.04 bits per heavy atom. The number of pyridine rings is 1. The fourth-order valence-electron chi connectivity index (χ4n) is 2.38. The highest BCUT2D eigenvalue weighted by Crippen LogP contribution is 2.21. The molecule has 7 nitrogen and oxygen atoms in total. The normalized spacial score (nSPS) is 10.8. The molecule has 4 aromatic rings. The molecule has 118 valence electrons. The van der Waals surface area contributed by atoms with Gasteiger partial charge in [-0.2, -0.15) is 4.98 Å². The van der Waals surface area contributed by atoms with E-state index in [2.05, 4.69) is 25.4 Å². The van der Waals surface area contributed by atoms with Crippen LogP contribution in [0, 0.1) is 0 Å². The summed E-state index contributed by atoms with van der Waals surface area (Å²) in [4.78, 5) is 23.3. The summed E-state index contributed by atoms with van der Waals surface area (Å²) in [6.07, 6.45) is 5.20. The van der Waals surface area contributed by atoms with E-state index in [4.69, 9.17) is 4.52 Å². The molecule has 2 N–H and O–H groups in total. The first-order valence-corrected chi connectivity index (χ1v) is 7.38. The van der Waals surface area contributed by atoms with Crippen molar-refractivity contribution in [3.63, 3.8) is 0 Å². The van der Waals surface area contributed by atoms with Crippen LogP contribution in [0.2, 0.25) is 0 Å². The Morgan fingerprint density at radius 3 is 2.92 bits per heavy atom. The molecular formula is C17H13N5O2. The lowest BCUT2D eigenvalue weighted by Crippen LogP contribution is -2.23. The summed E-state index contributed by atoms with van der Waals surface area (Å²) in [5.74, 6) is -0.0993. The van der Waals surface area contributed by atoms with Gasteiger partial charge >= 0.3 is 11.8 Å². The Balaban J connectivity index is 1.50. The fourth-order valence-corrected chi connectivity index (χ4v) is 2.38. The SMILES string of the molecule is O=C(NCc1ccncc1)c1nc(-c2ccc3cc[nH]c3c2)no1. The van der Waals surface area contributed by atoms with E-state index in [0.717, 1.165) is 22.0 Å². The topological polar surface area (TPSA) is 96.7 Å². The molecule has 0 bridgehead atoms. The Hall–Kier alpha value is -3.48. The monoisotopic (exact) mass is 319 g/mol. The molecule has 24 heavy (non-hydrogen) atoms. The number of amides is 1. The summed E-state index contributed by atoms with van der Waals surface area (Å²) in [5.41, 5.74) is 2.69. The molecule has 0 saturated heterocycles. The van der Waals surface area contributed by atoms with Gasteiger partial charge in [-0.25, -0.2) is 0 Å². The zero-order valence-electron chi connectivity index (χ0n) is 12.6. The molecular weight excluding hydrogens is 306 g/mol. The third kappa shape index (κ3) is 2.74. The van der Waals surface area contributed by atoms with E-state index in [0.29, 0.717) is 12.4 Å². The third-order valence-corrected chi connectivity index (χ3v) is 3.64. The first kappa shape index (κ1) is 14.1. The Morgan fingerprint density at radius 1 is 1.17 bits per heavy atom. The second kappa shape index (κ2) is 5.96. The van der Waals surface area contributed by atoms with Crippen molar-refractivity contribution in [3.8, 4) is 11.4 Å². The molecule has 0 aliphatic carbocycles. The van der Waals surface area contributed by atoms with Gasteiger partial charge in [-0.3, -0.25) is 9.78 Å². The van der Waals surface area contributed by atoms with Gasteiger partial charge in [-0.15, -0.1) is 0 Å². The number of benzene rings is 1. The molecule has 4 rings (SSSR count). The van der Waals surface area contributed by atoms with Gasteiger partial charge in [0.25, 0.3) is 0 Å². The van der Waals surface area contributed by atoms with E-state index in [1.54, 1.807) is 12.4 Å². The first-order chi connectivity index (χ1) is 11.8. The summed E-state index contributed by atoms with van der Waals surface area (Å²) in [5, 5.41) is 7.71. The summed E-state index contributed by atoms with van der Waals surface area (Å²) >= 11 is 0. The second-order valence-corrected chi connectivity index (χ2v) is 5.24. The minimum atomic E-state index is -0.411. The van der Waals surface area contributed by atoms with Crippen molar-refractivity contribution in [1.29, 1.82) is 0 Å². The van der Waals surface area contributed by atoms with Crippen molar-refractivity contribution < 1.29 is 9.32 Å². The molecule has 0 saturated carbocycles. The zero-order chi connectivity index (χ0) is 16.4. The highest BCUT2D eigenvalue weighted by Gasteiger charge is 2.16. The molecule has 1 aromatic carbocycles. The van der Waals surface area contributed by atoms with Crippen LogP contribution >= 0.6 is 0 Å². The number of aromatic amines is 1. The Kier molecular flexibility index (Phi) is 3.51. The quantitative estimate of drug-likeness (QED) is 0.602. The van der Waals surface area contributed by atoms with Crippen molar-refractivity contribution in [3.05, 3.63) is 66.4 Å². The molecule has 0 spiro atoms. The first-order valence-electron chi connectivity index (χ1n) is 7.38. The average Bonchev–Trinajstić information content (AvgIpc) is 3.29. The molecule has 3 aromatic heterocycles. The molecule has 3 heterocycles. The lowest BCUT2D eigenvalue weighted by Gasteiger charge is -2.01. The molecule has 0 radical (unpaired) electrons. The summed E-state index contributed by atoms with van der Waals surface area (Å²) < 4.78 is 5.07. The lowest BCUT2D eigenvalue weighted by atomic mass is 10.1. The summed E-state index contributed by atoms with van der Waals surface area (Å²) in [6.45, 7) is 0.369. The number of hydrogen-bond acceptors (Lipinski definition) is 5. The van der Waals surface area contributed by atoms with Crippen molar-refractivity contribution in [2.45, 2.75) is 6.54 Å². The maximum atomic E-state index is 12.1. The van der Waals surface area contributed by atoms with E-state index in [1.807, 2.05) is 42.6 Å². The number of carbonyl (C=O) groups excluding carboxylic acids is 1. The molecule has 0 aliphatic heterocycles. The van der Waals surface area contributed by atoms with Gasteiger partial charge < -0.3 is 14.8 Å². The van der Waals surface area contributed by atoms with Gasteiger partial charge in [0.2, 0.25) is 5.82 Å². The number of carbonyl (C=O) groups is 1. The minimum absolute atomic E-state index is 0.0642. The Bertz CT molecular complexity index is 990. The van der Waals surface area contributed by atoms with Crippen LogP contribution < -0.4 is 5.32 Å². The van der Waals surface area contributed by atoms with Crippen LogP contribution in [0.5, 0.6) is 0 Å². The van der Waals surface area contributed by atoms with E-state index < -0.39 is 5.91 Å². The van der Waals surface area contributed by atoms with E-state index in [-0.39, 0.29) is 5.89 Å². The van der Waals surface area contributed by atoms with Crippen LogP contribution in [0.1, 0.15) is 16.2 Å². The van der Waals surface area contributed by atoms with Crippen molar-refractivity contribution in [2.75, 3.05) is 0 Å². The smallest absolute Gasteiger partial charge is 0.316 e. The standard InChI is InChI=1S/C17H13N5O2/c23-16(20-10-11-3-6-18-7-4-11)17-21-15(22-24-17)13-2-1-12-5-8-19-14(12)9-13/h1-9,19H,10H2,(H,20,23). The lowest BCUT2D eigenvalue weighted by molar-refractivity contribution is 0.0907. The average molecular weight is 319 g/mol. The van der Waals surface area contributed by atoms with Crippen LogP contribution in [-0.4, -0.2) is 26.0 Å². The predicted octanol–water partition coefficient (Wildman–Crippen LogP) is 2.54. The summed E-state index contributed by atoms with van der Waals surface area (Å²) in [6, 6.07) is 11.4. The van der Waals surface area contributed by atoms with Crippen LogP contribution in [0.3, 0.4) is 0 Å². The van der Waals surface area contributed by atoms with Gasteiger partial charge in [0, 0.05) is 36.2 Å². The van der Waals surface area contributed by atoms with E-state index in [1.165, 1.54) is 0 Å². The number of fused-ring (bicyclic) bond motifs is 1. The highest BCUT2D eigenvalue weighted by atomic mass is 16.5. The highest BCUT2D eigenvalue weighted by molar-refractivity contribution is 5.90. The van der Waals surface area contributed by atoms with Gasteiger partial charge in [0.1, 0.15) is 0 Å². The van der Waals surface area contributed by atoms with Gasteiger partial charge in [-0.05, 0) is 35.2 Å². The summed E-state index contributed by atoms with van der Waals surface area (Å²) in [7, 11) is 0. The third-order valence-electron chi connectivity index (χ3n) is 3.64. The van der Waals surface area contributed by atoms with Crippen molar-refractivity contribution in [1.82, 2.24) is 25.4 Å². The predicted molar refractivity (Wildman–Crippen MR) is 87.0 cm³/mol. The molecule has 0 aliphatic rings. The fraction of sp³-hybridized carbons (Fsp3) is 0.0588. The van der Waals surface area contributed by atoms with Gasteiger partial charge in [0.15, 0.2) is 0 Å². The molecule has 0 atom stereocenters. The van der Waals surface area contributed by atoms with Gasteiger partial charge in [0.05, 0.1) is 0 Å². The number of rotatable bonds is 4. The van der Waals surface area contributed by atoms with Crippen molar-refractivity contribution >= 4 is 16.8 Å². The number of H-pyrrole nitrogens is 1. The second-order valence-electron chi connectivity index (χ2n) is 5.24. The number of nitrogens with zero attached hydrogens (tertiary/aromatic N) is 3. The molecule has 0 fully saturated rings. The van der Waals surface area contributed by atoms with Crippen LogP contribution in [0.25, 0.3) is 22.3 Å². The van der Waals surface area contributed by atoms with Crippen molar-refractivity contribution in [2.24, 2.45) is 0 Å². The molecule has 7 heteroatoms. The number of hydrogen-bond donors (Lipinski definition) is 2. The molecule has 1 amide bonds. The minimum Gasteiger partial charge on any atom is -0.361 e. The number of nitrogens with one attached hydrogen (secondary N) is 2. The maximum absolute atomic E-state index is 12.1. The zero-order valence-corrected chi connectivity index (χ0v) is 12.6. The van der Waals surface area contributed by atoms with Crippen LogP contribution in [0.4, 0.5) is 0 Å². The van der Waals surface area contributed by atoms with Gasteiger partial charge in [-0.1, -0.05) is 17.3 Å². The Labute approximate surface area is 136 Å². The van der Waals surface area contributed by atoms with Crippen LogP contribution in [-0.2, 0) is 6.54 Å². The van der Waals surface area contributed by atoms with E-state index in [9.17, 15) is 4.79 Å². The van der Waals surface area contributed by atoms with E-state index >= 15 is 0 Å².